The van der Waals surface area contributed by atoms with Crippen molar-refractivity contribution in [1.29, 1.82) is 0 Å². The van der Waals surface area contributed by atoms with Crippen molar-refractivity contribution < 1.29 is 27.6 Å². The van der Waals surface area contributed by atoms with Crippen LogP contribution in [0.15, 0.2) is 12.1 Å². The molecule has 1 saturated carbocycles. The second kappa shape index (κ2) is 6.26. The van der Waals surface area contributed by atoms with E-state index in [2.05, 4.69) is 5.32 Å². The number of imide groups is 1. The van der Waals surface area contributed by atoms with Crippen molar-refractivity contribution in [1.82, 2.24) is 4.90 Å². The molecule has 3 amide bonds. The van der Waals surface area contributed by atoms with Crippen molar-refractivity contribution in [2.24, 2.45) is 11.8 Å². The van der Waals surface area contributed by atoms with E-state index in [1.807, 2.05) is 0 Å². The number of rotatable bonds is 3. The van der Waals surface area contributed by atoms with Crippen molar-refractivity contribution in [2.75, 3.05) is 11.9 Å². The quantitative estimate of drug-likeness (QED) is 0.678. The molecule has 0 bridgehead atoms. The largest absolute Gasteiger partial charge is 0.322 e. The van der Waals surface area contributed by atoms with Crippen molar-refractivity contribution in [2.45, 2.75) is 25.7 Å². The third-order valence-electron chi connectivity index (χ3n) is 4.54. The molecular weight excluding hydrogens is 325 g/mol. The second-order valence-corrected chi connectivity index (χ2v) is 6.03. The molecule has 2 atom stereocenters. The lowest BCUT2D eigenvalue weighted by molar-refractivity contribution is -0.142. The van der Waals surface area contributed by atoms with Gasteiger partial charge in [0.25, 0.3) is 0 Å². The van der Waals surface area contributed by atoms with Crippen LogP contribution in [0.2, 0.25) is 0 Å². The Kier molecular flexibility index (Phi) is 4.29. The number of hydrogen-bond acceptors (Lipinski definition) is 3. The lowest BCUT2D eigenvalue weighted by Crippen LogP contribution is -2.38. The van der Waals surface area contributed by atoms with E-state index in [1.54, 1.807) is 0 Å². The van der Waals surface area contributed by atoms with Crippen LogP contribution in [0.25, 0.3) is 0 Å². The fraction of sp³-hybridized carbons (Fsp3) is 0.438. The van der Waals surface area contributed by atoms with Gasteiger partial charge in [0.15, 0.2) is 17.5 Å². The highest BCUT2D eigenvalue weighted by Crippen LogP contribution is 2.37. The molecule has 1 saturated heterocycles. The van der Waals surface area contributed by atoms with E-state index >= 15 is 0 Å². The van der Waals surface area contributed by atoms with Crippen LogP contribution >= 0.6 is 0 Å². The smallest absolute Gasteiger partial charge is 0.244 e. The second-order valence-electron chi connectivity index (χ2n) is 6.03. The SMILES string of the molecule is O=C(CN1C(=O)C2CCCCC2C1=O)Nc1ccc(F)c(F)c1F. The first-order chi connectivity index (χ1) is 11.4. The van der Waals surface area contributed by atoms with Crippen LogP contribution in [-0.2, 0) is 14.4 Å². The zero-order chi connectivity index (χ0) is 17.4. The first-order valence-corrected chi connectivity index (χ1v) is 7.68. The van der Waals surface area contributed by atoms with Gasteiger partial charge in [-0.3, -0.25) is 19.3 Å². The van der Waals surface area contributed by atoms with E-state index < -0.39 is 47.4 Å². The number of likely N-dealkylation sites (tertiary alicyclic amines) is 1. The number of benzene rings is 1. The first kappa shape index (κ1) is 16.5. The van der Waals surface area contributed by atoms with Crippen molar-refractivity contribution in [3.63, 3.8) is 0 Å². The van der Waals surface area contributed by atoms with E-state index in [9.17, 15) is 27.6 Å². The van der Waals surface area contributed by atoms with Gasteiger partial charge in [0.1, 0.15) is 6.54 Å². The molecule has 128 valence electrons. The van der Waals surface area contributed by atoms with Crippen molar-refractivity contribution in [3.8, 4) is 0 Å². The predicted octanol–water partition coefficient (Wildman–Crippen LogP) is 2.22. The summed E-state index contributed by atoms with van der Waals surface area (Å²) in [7, 11) is 0. The highest BCUT2D eigenvalue weighted by Gasteiger charge is 2.48. The predicted molar refractivity (Wildman–Crippen MR) is 77.1 cm³/mol. The van der Waals surface area contributed by atoms with Gasteiger partial charge in [-0.15, -0.1) is 0 Å². The number of carbonyl (C=O) groups is 3. The molecule has 1 aromatic carbocycles. The molecule has 2 aliphatic rings. The van der Waals surface area contributed by atoms with Gasteiger partial charge >= 0.3 is 0 Å². The van der Waals surface area contributed by atoms with Gasteiger partial charge in [-0.25, -0.2) is 13.2 Å². The van der Waals surface area contributed by atoms with Gasteiger partial charge < -0.3 is 5.32 Å². The Bertz CT molecular complexity index is 699. The van der Waals surface area contributed by atoms with Crippen LogP contribution in [-0.4, -0.2) is 29.2 Å². The molecule has 0 aromatic heterocycles. The lowest BCUT2D eigenvalue weighted by Gasteiger charge is -2.19. The minimum absolute atomic E-state index is 0.390. The molecule has 1 N–H and O–H groups in total. The molecule has 1 aliphatic carbocycles. The Hall–Kier alpha value is -2.38. The minimum Gasteiger partial charge on any atom is -0.322 e. The van der Waals surface area contributed by atoms with Gasteiger partial charge in [0.05, 0.1) is 17.5 Å². The molecule has 8 heteroatoms. The van der Waals surface area contributed by atoms with Crippen LogP contribution in [0, 0.1) is 29.3 Å². The van der Waals surface area contributed by atoms with Crippen molar-refractivity contribution in [3.05, 3.63) is 29.6 Å². The number of nitrogens with one attached hydrogen (secondary N) is 1. The molecule has 0 radical (unpaired) electrons. The number of halogens is 3. The maximum atomic E-state index is 13.6. The topological polar surface area (TPSA) is 66.5 Å². The summed E-state index contributed by atoms with van der Waals surface area (Å²) in [5.74, 6) is -7.03. The van der Waals surface area contributed by atoms with E-state index in [0.717, 1.165) is 23.8 Å². The standard InChI is InChI=1S/C16H15F3N2O3/c17-10-5-6-11(14(19)13(10)18)20-12(22)7-21-15(23)8-3-1-2-4-9(8)16(21)24/h5-6,8-9H,1-4,7H2,(H,20,22). The van der Waals surface area contributed by atoms with Gasteiger partial charge in [-0.05, 0) is 25.0 Å². The zero-order valence-electron chi connectivity index (χ0n) is 12.7. The Morgan fingerprint density at radius 3 is 2.21 bits per heavy atom. The Morgan fingerprint density at radius 1 is 1.04 bits per heavy atom. The average molecular weight is 340 g/mol. The minimum atomic E-state index is -1.70. The maximum absolute atomic E-state index is 13.6. The van der Waals surface area contributed by atoms with E-state index in [1.165, 1.54) is 0 Å². The molecule has 1 aliphatic heterocycles. The zero-order valence-corrected chi connectivity index (χ0v) is 12.7. The van der Waals surface area contributed by atoms with E-state index in [4.69, 9.17) is 0 Å². The maximum Gasteiger partial charge on any atom is 0.244 e. The Balaban J connectivity index is 1.70. The summed E-state index contributed by atoms with van der Waals surface area (Å²) >= 11 is 0. The Labute approximate surface area is 135 Å². The van der Waals surface area contributed by atoms with Crippen molar-refractivity contribution >= 4 is 23.4 Å². The van der Waals surface area contributed by atoms with Gasteiger partial charge in [-0.1, -0.05) is 12.8 Å². The normalized spacial score (nSPS) is 23.4. The number of nitrogens with zero attached hydrogens (tertiary/aromatic N) is 1. The molecule has 2 fully saturated rings. The molecule has 1 heterocycles. The number of hydrogen-bond donors (Lipinski definition) is 1. The molecule has 2 unspecified atom stereocenters. The van der Waals surface area contributed by atoms with Gasteiger partial charge in [0, 0.05) is 0 Å². The molecule has 3 rings (SSSR count). The van der Waals surface area contributed by atoms with E-state index in [-0.39, 0.29) is 11.8 Å². The summed E-state index contributed by atoms with van der Waals surface area (Å²) in [6.45, 7) is -0.566. The van der Waals surface area contributed by atoms with Crippen LogP contribution in [0.5, 0.6) is 0 Å². The van der Waals surface area contributed by atoms with Crippen LogP contribution in [0.4, 0.5) is 18.9 Å². The number of anilines is 1. The molecule has 24 heavy (non-hydrogen) atoms. The average Bonchev–Trinajstić information content (AvgIpc) is 2.81. The third-order valence-corrected chi connectivity index (χ3v) is 4.54. The lowest BCUT2D eigenvalue weighted by atomic mass is 9.81. The van der Waals surface area contributed by atoms with Crippen LogP contribution in [0.3, 0.4) is 0 Å². The monoisotopic (exact) mass is 340 g/mol. The summed E-state index contributed by atoms with van der Waals surface area (Å²) in [5, 5.41) is 2.06. The fourth-order valence-electron chi connectivity index (χ4n) is 3.34. The summed E-state index contributed by atoms with van der Waals surface area (Å²) in [6.07, 6.45) is 2.96. The summed E-state index contributed by atoms with van der Waals surface area (Å²) in [4.78, 5) is 37.3. The number of fused-ring (bicyclic) bond motifs is 1. The van der Waals surface area contributed by atoms with Crippen LogP contribution in [0.1, 0.15) is 25.7 Å². The first-order valence-electron chi connectivity index (χ1n) is 7.68. The highest BCUT2D eigenvalue weighted by molar-refractivity contribution is 6.08. The highest BCUT2D eigenvalue weighted by atomic mass is 19.2. The number of amides is 3. The fourth-order valence-corrected chi connectivity index (χ4v) is 3.34. The molecule has 0 spiro atoms. The van der Waals surface area contributed by atoms with Crippen LogP contribution < -0.4 is 5.32 Å². The van der Waals surface area contributed by atoms with Gasteiger partial charge in [-0.2, -0.15) is 0 Å². The molecular formula is C16H15F3N2O3. The van der Waals surface area contributed by atoms with Gasteiger partial charge in [0.2, 0.25) is 17.7 Å². The Morgan fingerprint density at radius 2 is 1.62 bits per heavy atom. The number of carbonyl (C=O) groups excluding carboxylic acids is 3. The summed E-state index contributed by atoms with van der Waals surface area (Å²) in [5.41, 5.74) is -0.546. The molecule has 5 nitrogen and oxygen atoms in total. The third kappa shape index (κ3) is 2.76. The summed E-state index contributed by atoms with van der Waals surface area (Å²) < 4.78 is 39.6. The summed E-state index contributed by atoms with van der Waals surface area (Å²) in [6, 6.07) is 1.55. The molecule has 1 aromatic rings. The van der Waals surface area contributed by atoms with E-state index in [0.29, 0.717) is 18.9 Å².